The molecular weight excluding hydrogens is 232 g/mol. The van der Waals surface area contributed by atoms with Crippen LogP contribution in [-0.4, -0.2) is 55.4 Å². The molecule has 0 aromatic carbocycles. The molecule has 2 rings (SSSR count). The lowest BCUT2D eigenvalue weighted by molar-refractivity contribution is -0.149. The smallest absolute Gasteiger partial charge is 0.228 e. The van der Waals surface area contributed by atoms with Gasteiger partial charge in [-0.25, -0.2) is 0 Å². The molecular formula is C13H24N2O3. The highest BCUT2D eigenvalue weighted by Gasteiger charge is 2.38. The Labute approximate surface area is 109 Å². The fourth-order valence-corrected chi connectivity index (χ4v) is 2.92. The van der Waals surface area contributed by atoms with Crippen LogP contribution in [-0.2, 0) is 14.3 Å². The molecule has 0 aliphatic carbocycles. The Morgan fingerprint density at radius 2 is 2.22 bits per heavy atom. The summed E-state index contributed by atoms with van der Waals surface area (Å²) in [5.74, 6) is 0.242. The van der Waals surface area contributed by atoms with Gasteiger partial charge in [0.2, 0.25) is 5.91 Å². The van der Waals surface area contributed by atoms with E-state index in [4.69, 9.17) is 15.2 Å². The van der Waals surface area contributed by atoms with Gasteiger partial charge in [0.05, 0.1) is 24.2 Å². The van der Waals surface area contributed by atoms with Gasteiger partial charge in [-0.05, 0) is 19.8 Å². The van der Waals surface area contributed by atoms with Gasteiger partial charge in [-0.3, -0.25) is 4.79 Å². The normalized spacial score (nSPS) is 36.9. The summed E-state index contributed by atoms with van der Waals surface area (Å²) in [7, 11) is 0. The Balaban J connectivity index is 1.99. The van der Waals surface area contributed by atoms with Gasteiger partial charge in [-0.15, -0.1) is 0 Å². The van der Waals surface area contributed by atoms with Crippen molar-refractivity contribution in [3.8, 4) is 0 Å². The lowest BCUT2D eigenvalue weighted by atomic mass is 9.97. The number of carbonyl (C=O) groups is 1. The van der Waals surface area contributed by atoms with Gasteiger partial charge < -0.3 is 20.1 Å². The first-order valence-corrected chi connectivity index (χ1v) is 6.91. The van der Waals surface area contributed by atoms with Crippen molar-refractivity contribution >= 4 is 5.91 Å². The summed E-state index contributed by atoms with van der Waals surface area (Å²) in [6.07, 6.45) is 1.87. The van der Waals surface area contributed by atoms with E-state index in [2.05, 4.69) is 6.92 Å². The maximum atomic E-state index is 12.5. The first-order valence-electron chi connectivity index (χ1n) is 6.91. The summed E-state index contributed by atoms with van der Waals surface area (Å²) < 4.78 is 11.3. The van der Waals surface area contributed by atoms with Gasteiger partial charge in [0.25, 0.3) is 0 Å². The van der Waals surface area contributed by atoms with Crippen LogP contribution in [0.25, 0.3) is 0 Å². The summed E-state index contributed by atoms with van der Waals surface area (Å²) in [4.78, 5) is 14.4. The molecule has 5 heteroatoms. The quantitative estimate of drug-likeness (QED) is 0.792. The summed E-state index contributed by atoms with van der Waals surface area (Å²) >= 11 is 0. The van der Waals surface area contributed by atoms with E-state index in [1.165, 1.54) is 0 Å². The molecule has 0 aromatic rings. The summed E-state index contributed by atoms with van der Waals surface area (Å²) in [6, 6.07) is 0. The molecule has 104 valence electrons. The number of hydrogen-bond acceptors (Lipinski definition) is 4. The number of nitrogens with zero attached hydrogens (tertiary/aromatic N) is 1. The third kappa shape index (κ3) is 2.84. The van der Waals surface area contributed by atoms with Crippen LogP contribution in [0.4, 0.5) is 0 Å². The predicted octanol–water partition coefficient (Wildman–Crippen LogP) is 0.376. The molecule has 2 saturated heterocycles. The molecule has 2 fully saturated rings. The third-order valence-electron chi connectivity index (χ3n) is 3.83. The second-order valence-corrected chi connectivity index (χ2v) is 5.26. The molecule has 2 heterocycles. The van der Waals surface area contributed by atoms with E-state index in [-0.39, 0.29) is 30.1 Å². The zero-order chi connectivity index (χ0) is 13.1. The Morgan fingerprint density at radius 1 is 1.44 bits per heavy atom. The van der Waals surface area contributed by atoms with E-state index < -0.39 is 0 Å². The van der Waals surface area contributed by atoms with Crippen molar-refractivity contribution in [2.45, 2.75) is 45.0 Å². The minimum absolute atomic E-state index is 0.0266. The van der Waals surface area contributed by atoms with Crippen molar-refractivity contribution in [2.24, 2.45) is 11.7 Å². The Bertz CT molecular complexity index is 298. The molecule has 18 heavy (non-hydrogen) atoms. The number of hydrogen-bond donors (Lipinski definition) is 1. The van der Waals surface area contributed by atoms with Crippen LogP contribution < -0.4 is 5.73 Å². The van der Waals surface area contributed by atoms with Crippen molar-refractivity contribution in [1.82, 2.24) is 4.90 Å². The minimum Gasteiger partial charge on any atom is -0.377 e. The highest BCUT2D eigenvalue weighted by Crippen LogP contribution is 2.26. The van der Waals surface area contributed by atoms with E-state index >= 15 is 0 Å². The molecule has 0 radical (unpaired) electrons. The number of nitrogens with two attached hydrogens (primary N) is 1. The number of morpholine rings is 1. The van der Waals surface area contributed by atoms with Crippen LogP contribution >= 0.6 is 0 Å². The number of ether oxygens (including phenoxy) is 2. The predicted molar refractivity (Wildman–Crippen MR) is 68.1 cm³/mol. The topological polar surface area (TPSA) is 64.8 Å². The molecule has 0 saturated carbocycles. The lowest BCUT2D eigenvalue weighted by Crippen LogP contribution is -2.53. The van der Waals surface area contributed by atoms with Crippen LogP contribution in [0.5, 0.6) is 0 Å². The summed E-state index contributed by atoms with van der Waals surface area (Å²) in [5, 5.41) is 0. The van der Waals surface area contributed by atoms with E-state index in [0.29, 0.717) is 26.2 Å². The molecule has 4 unspecified atom stereocenters. The zero-order valence-electron chi connectivity index (χ0n) is 11.3. The molecule has 0 aromatic heterocycles. The monoisotopic (exact) mass is 256 g/mol. The Morgan fingerprint density at radius 3 is 2.89 bits per heavy atom. The second kappa shape index (κ2) is 5.99. The van der Waals surface area contributed by atoms with Gasteiger partial charge in [0.15, 0.2) is 0 Å². The molecule has 5 nitrogen and oxygen atoms in total. The van der Waals surface area contributed by atoms with Crippen LogP contribution in [0.15, 0.2) is 0 Å². The maximum absolute atomic E-state index is 12.5. The van der Waals surface area contributed by atoms with E-state index in [9.17, 15) is 4.79 Å². The van der Waals surface area contributed by atoms with Crippen molar-refractivity contribution in [2.75, 3.05) is 26.2 Å². The highest BCUT2D eigenvalue weighted by molar-refractivity contribution is 5.80. The number of amides is 1. The Hall–Kier alpha value is -0.650. The summed E-state index contributed by atoms with van der Waals surface area (Å²) in [6.45, 7) is 6.52. The highest BCUT2D eigenvalue weighted by atomic mass is 16.5. The van der Waals surface area contributed by atoms with Crippen LogP contribution in [0.3, 0.4) is 0 Å². The maximum Gasteiger partial charge on any atom is 0.228 e. The molecule has 0 spiro atoms. The van der Waals surface area contributed by atoms with E-state index in [0.717, 1.165) is 12.8 Å². The molecule has 0 bridgehead atoms. The Kier molecular flexibility index (Phi) is 4.59. The number of rotatable bonds is 3. The van der Waals surface area contributed by atoms with Gasteiger partial charge in [-0.2, -0.15) is 0 Å². The summed E-state index contributed by atoms with van der Waals surface area (Å²) in [5.41, 5.74) is 5.65. The fourth-order valence-electron chi connectivity index (χ4n) is 2.92. The van der Waals surface area contributed by atoms with Gasteiger partial charge >= 0.3 is 0 Å². The van der Waals surface area contributed by atoms with E-state index in [1.54, 1.807) is 0 Å². The van der Waals surface area contributed by atoms with Crippen LogP contribution in [0.1, 0.15) is 26.7 Å². The van der Waals surface area contributed by atoms with Crippen molar-refractivity contribution in [3.05, 3.63) is 0 Å². The average molecular weight is 256 g/mol. The van der Waals surface area contributed by atoms with Crippen molar-refractivity contribution in [1.29, 1.82) is 0 Å². The van der Waals surface area contributed by atoms with Crippen molar-refractivity contribution < 1.29 is 14.3 Å². The van der Waals surface area contributed by atoms with Gasteiger partial charge in [-0.1, -0.05) is 6.92 Å². The fraction of sp³-hybridized carbons (Fsp3) is 0.923. The van der Waals surface area contributed by atoms with Crippen molar-refractivity contribution in [3.63, 3.8) is 0 Å². The molecule has 2 aliphatic heterocycles. The molecule has 2 N–H and O–H groups in total. The zero-order valence-corrected chi connectivity index (χ0v) is 11.3. The van der Waals surface area contributed by atoms with Crippen LogP contribution in [0.2, 0.25) is 0 Å². The lowest BCUT2D eigenvalue weighted by Gasteiger charge is -2.38. The molecule has 1 amide bonds. The first-order chi connectivity index (χ1) is 8.65. The van der Waals surface area contributed by atoms with E-state index in [1.807, 2.05) is 11.8 Å². The standard InChI is InChI=1S/C13H24N2O3/c1-3-12-11(4-5-17-12)13(16)15-7-9(2)18-10(6-14)8-15/h9-12H,3-8,14H2,1-2H3. The third-order valence-corrected chi connectivity index (χ3v) is 3.83. The average Bonchev–Trinajstić information content (AvgIpc) is 2.85. The molecule has 2 aliphatic rings. The van der Waals surface area contributed by atoms with Gasteiger partial charge in [0, 0.05) is 26.2 Å². The largest absolute Gasteiger partial charge is 0.377 e. The SMILES string of the molecule is CCC1OCCC1C(=O)N1CC(C)OC(CN)C1. The second-order valence-electron chi connectivity index (χ2n) is 5.26. The van der Waals surface area contributed by atoms with Gasteiger partial charge in [0.1, 0.15) is 0 Å². The number of carbonyl (C=O) groups excluding carboxylic acids is 1. The van der Waals surface area contributed by atoms with Crippen LogP contribution in [0, 0.1) is 5.92 Å². The first kappa shape index (κ1) is 13.8. The minimum atomic E-state index is -0.0277. The molecule has 4 atom stereocenters.